The summed E-state index contributed by atoms with van der Waals surface area (Å²) in [7, 11) is 0. The highest BCUT2D eigenvalue weighted by Gasteiger charge is 2.26. The van der Waals surface area contributed by atoms with Crippen LogP contribution in [0.2, 0.25) is 0 Å². The lowest BCUT2D eigenvalue weighted by Crippen LogP contribution is -2.38. The Morgan fingerprint density at radius 1 is 1.06 bits per heavy atom. The van der Waals surface area contributed by atoms with Gasteiger partial charge in [0.05, 0.1) is 37.2 Å². The number of benzene rings is 1. The molecule has 2 aliphatic rings. The van der Waals surface area contributed by atoms with E-state index in [2.05, 4.69) is 25.3 Å². The molecule has 184 valence electrons. The van der Waals surface area contributed by atoms with E-state index >= 15 is 0 Å². The molecule has 1 fully saturated rings. The smallest absolute Gasteiger partial charge is 0.178 e. The molecule has 0 aliphatic carbocycles. The third kappa shape index (κ3) is 5.17. The van der Waals surface area contributed by atoms with Crippen LogP contribution in [0.1, 0.15) is 38.3 Å². The number of rotatable bonds is 6. The highest BCUT2D eigenvalue weighted by atomic mass is 19.1. The van der Waals surface area contributed by atoms with Crippen molar-refractivity contribution in [3.8, 4) is 22.8 Å². The fourth-order valence-electron chi connectivity index (χ4n) is 4.41. The molecule has 0 amide bonds. The third-order valence-electron chi connectivity index (χ3n) is 6.19. The van der Waals surface area contributed by atoms with Crippen LogP contribution in [0, 0.1) is 11.6 Å². The molecule has 2 aromatic heterocycles. The third-order valence-corrected chi connectivity index (χ3v) is 6.19. The van der Waals surface area contributed by atoms with E-state index in [-0.39, 0.29) is 30.0 Å². The first-order chi connectivity index (χ1) is 17.0. The number of anilines is 1. The molecule has 5 rings (SSSR count). The van der Waals surface area contributed by atoms with Crippen LogP contribution in [0.15, 0.2) is 30.7 Å². The molecule has 0 bridgehead atoms. The van der Waals surface area contributed by atoms with Crippen molar-refractivity contribution < 1.29 is 18.3 Å². The zero-order valence-electron chi connectivity index (χ0n) is 19.8. The molecule has 10 heteroatoms. The standard InChI is InChI=1S/C25H28F2N6O2/c1-15(2)33-7-8-34-25-19(26)9-16(10-21(25)33)24-20(27)14-31-23(32-24)11-22-29-12-18(13-30-22)35-17-3-5-28-6-4-17/h9-10,12-15,17,28H,3-8,11H2,1-2H3. The van der Waals surface area contributed by atoms with Crippen molar-refractivity contribution in [3.63, 3.8) is 0 Å². The van der Waals surface area contributed by atoms with Crippen LogP contribution < -0.4 is 19.7 Å². The van der Waals surface area contributed by atoms with Gasteiger partial charge in [0.15, 0.2) is 23.1 Å². The SMILES string of the molecule is CC(C)N1CCOc2c(F)cc(-c3nc(Cc4ncc(OC5CCNCC5)cn4)ncc3F)cc21. The molecule has 3 aromatic rings. The van der Waals surface area contributed by atoms with Gasteiger partial charge in [0, 0.05) is 11.6 Å². The van der Waals surface area contributed by atoms with Gasteiger partial charge in [0.25, 0.3) is 0 Å². The van der Waals surface area contributed by atoms with Crippen molar-refractivity contribution in [1.82, 2.24) is 25.3 Å². The van der Waals surface area contributed by atoms with Crippen LogP contribution in [0.25, 0.3) is 11.3 Å². The van der Waals surface area contributed by atoms with Gasteiger partial charge in [-0.25, -0.2) is 28.7 Å². The number of nitrogens with one attached hydrogen (secondary N) is 1. The van der Waals surface area contributed by atoms with Crippen LogP contribution in [0.4, 0.5) is 14.5 Å². The number of nitrogens with zero attached hydrogens (tertiary/aromatic N) is 5. The van der Waals surface area contributed by atoms with Gasteiger partial charge in [-0.2, -0.15) is 0 Å². The van der Waals surface area contributed by atoms with Crippen molar-refractivity contribution in [1.29, 1.82) is 0 Å². The number of ether oxygens (including phenoxy) is 2. The largest absolute Gasteiger partial charge is 0.487 e. The highest BCUT2D eigenvalue weighted by molar-refractivity contribution is 5.72. The Balaban J connectivity index is 1.37. The summed E-state index contributed by atoms with van der Waals surface area (Å²) >= 11 is 0. The molecule has 1 N–H and O–H groups in total. The number of fused-ring (bicyclic) bond motifs is 1. The van der Waals surface area contributed by atoms with Crippen LogP contribution in [-0.4, -0.2) is 58.3 Å². The van der Waals surface area contributed by atoms with Crippen molar-refractivity contribution in [3.05, 3.63) is 54.0 Å². The first-order valence-electron chi connectivity index (χ1n) is 11.9. The molecule has 0 spiro atoms. The van der Waals surface area contributed by atoms with E-state index in [1.165, 1.54) is 6.07 Å². The summed E-state index contributed by atoms with van der Waals surface area (Å²) in [5.41, 5.74) is 0.940. The Kier molecular flexibility index (Phi) is 6.72. The fourth-order valence-corrected chi connectivity index (χ4v) is 4.41. The second-order valence-electron chi connectivity index (χ2n) is 9.00. The lowest BCUT2D eigenvalue weighted by Gasteiger charge is -2.34. The van der Waals surface area contributed by atoms with E-state index in [0.717, 1.165) is 32.1 Å². The van der Waals surface area contributed by atoms with Gasteiger partial charge in [-0.3, -0.25) is 0 Å². The number of hydrogen-bond acceptors (Lipinski definition) is 8. The van der Waals surface area contributed by atoms with E-state index in [1.54, 1.807) is 18.5 Å². The van der Waals surface area contributed by atoms with Gasteiger partial charge in [-0.05, 0) is 51.9 Å². The predicted octanol–water partition coefficient (Wildman–Crippen LogP) is 3.54. The van der Waals surface area contributed by atoms with E-state index in [4.69, 9.17) is 9.47 Å². The van der Waals surface area contributed by atoms with Gasteiger partial charge in [-0.15, -0.1) is 0 Å². The van der Waals surface area contributed by atoms with Gasteiger partial charge >= 0.3 is 0 Å². The lowest BCUT2D eigenvalue weighted by atomic mass is 10.1. The van der Waals surface area contributed by atoms with Crippen molar-refractivity contribution >= 4 is 5.69 Å². The Morgan fingerprint density at radius 3 is 2.54 bits per heavy atom. The maximum absolute atomic E-state index is 14.9. The Bertz CT molecular complexity index is 1190. The average molecular weight is 483 g/mol. The summed E-state index contributed by atoms with van der Waals surface area (Å²) < 4.78 is 41.1. The van der Waals surface area contributed by atoms with Crippen LogP contribution in [-0.2, 0) is 6.42 Å². The normalized spacial score (nSPS) is 16.2. The topological polar surface area (TPSA) is 85.3 Å². The zero-order chi connectivity index (χ0) is 24.4. The average Bonchev–Trinajstić information content (AvgIpc) is 2.86. The minimum absolute atomic E-state index is 0.0249. The summed E-state index contributed by atoms with van der Waals surface area (Å²) in [6, 6.07) is 3.11. The number of piperidine rings is 1. The number of aromatic nitrogens is 4. The maximum Gasteiger partial charge on any atom is 0.178 e. The van der Waals surface area contributed by atoms with Gasteiger partial charge in [0.1, 0.15) is 30.1 Å². The molecule has 4 heterocycles. The van der Waals surface area contributed by atoms with E-state index < -0.39 is 11.6 Å². The predicted molar refractivity (Wildman–Crippen MR) is 127 cm³/mol. The number of halogens is 2. The zero-order valence-corrected chi connectivity index (χ0v) is 19.8. The second kappa shape index (κ2) is 10.1. The quantitative estimate of drug-likeness (QED) is 0.571. The van der Waals surface area contributed by atoms with E-state index in [9.17, 15) is 8.78 Å². The molecular formula is C25H28F2N6O2. The molecule has 1 saturated heterocycles. The monoisotopic (exact) mass is 482 g/mol. The maximum atomic E-state index is 14.9. The van der Waals surface area contributed by atoms with Crippen LogP contribution in [0.3, 0.4) is 0 Å². The van der Waals surface area contributed by atoms with Crippen molar-refractivity contribution in [2.45, 2.75) is 45.3 Å². The molecule has 0 unspecified atom stereocenters. The molecular weight excluding hydrogens is 454 g/mol. The van der Waals surface area contributed by atoms with Crippen molar-refractivity contribution in [2.75, 3.05) is 31.1 Å². The van der Waals surface area contributed by atoms with Gasteiger partial charge in [0.2, 0.25) is 0 Å². The summed E-state index contributed by atoms with van der Waals surface area (Å²) in [5.74, 6) is 0.439. The van der Waals surface area contributed by atoms with Crippen LogP contribution in [0.5, 0.6) is 11.5 Å². The first kappa shape index (κ1) is 23.3. The molecule has 35 heavy (non-hydrogen) atoms. The molecule has 1 aromatic carbocycles. The van der Waals surface area contributed by atoms with Crippen LogP contribution >= 0.6 is 0 Å². The highest BCUT2D eigenvalue weighted by Crippen LogP contribution is 2.39. The molecule has 0 radical (unpaired) electrons. The summed E-state index contributed by atoms with van der Waals surface area (Å²) in [6.07, 6.45) is 6.61. The molecule has 2 aliphatic heterocycles. The lowest BCUT2D eigenvalue weighted by molar-refractivity contribution is 0.161. The summed E-state index contributed by atoms with van der Waals surface area (Å²) in [6.45, 7) is 6.93. The van der Waals surface area contributed by atoms with Gasteiger partial charge in [-0.1, -0.05) is 0 Å². The molecule has 8 nitrogen and oxygen atoms in total. The first-order valence-corrected chi connectivity index (χ1v) is 11.9. The summed E-state index contributed by atoms with van der Waals surface area (Å²) in [5, 5.41) is 3.30. The minimum atomic E-state index is -0.632. The Morgan fingerprint density at radius 2 is 1.80 bits per heavy atom. The molecule has 0 saturated carbocycles. The van der Waals surface area contributed by atoms with E-state index in [1.807, 2.05) is 18.7 Å². The van der Waals surface area contributed by atoms with Gasteiger partial charge < -0.3 is 19.7 Å². The second-order valence-corrected chi connectivity index (χ2v) is 9.00. The Labute approximate surface area is 202 Å². The fraction of sp³-hybridized carbons (Fsp3) is 0.440. The van der Waals surface area contributed by atoms with Crippen molar-refractivity contribution in [2.24, 2.45) is 0 Å². The summed E-state index contributed by atoms with van der Waals surface area (Å²) in [4.78, 5) is 19.2. The van der Waals surface area contributed by atoms with E-state index in [0.29, 0.717) is 41.8 Å². The Hall–Kier alpha value is -3.40. The molecule has 0 atom stereocenters. The number of hydrogen-bond donors (Lipinski definition) is 1. The minimum Gasteiger partial charge on any atom is -0.487 e.